The minimum atomic E-state index is 0.643. The van der Waals surface area contributed by atoms with Crippen LogP contribution in [-0.4, -0.2) is 0 Å². The highest BCUT2D eigenvalue weighted by molar-refractivity contribution is 5.40. The Morgan fingerprint density at radius 1 is 0.960 bits per heavy atom. The molecule has 1 aromatic rings. The van der Waals surface area contributed by atoms with Crippen LogP contribution in [0.25, 0.3) is 0 Å². The number of hydrogen-bond acceptors (Lipinski definition) is 0. The second-order valence-corrected chi connectivity index (χ2v) is 9.18. The number of rotatable bonds is 6. The maximum atomic E-state index is 2.44. The molecule has 4 atom stereocenters. The van der Waals surface area contributed by atoms with Gasteiger partial charge in [-0.2, -0.15) is 0 Å². The van der Waals surface area contributed by atoms with Crippen molar-refractivity contribution in [2.75, 3.05) is 0 Å². The summed E-state index contributed by atoms with van der Waals surface area (Å²) in [5.74, 6) is 6.02. The summed E-state index contributed by atoms with van der Waals surface area (Å²) in [7, 11) is 0. The Bertz CT molecular complexity index is 527. The van der Waals surface area contributed by atoms with E-state index in [0.717, 1.165) is 17.8 Å². The molecular weight excluding hydrogens is 300 g/mol. The zero-order chi connectivity index (χ0) is 17.8. The molecule has 2 aliphatic carbocycles. The first-order valence-corrected chi connectivity index (χ1v) is 11.1. The van der Waals surface area contributed by atoms with Gasteiger partial charge in [-0.25, -0.2) is 0 Å². The molecule has 139 valence electrons. The molecule has 3 rings (SSSR count). The second-order valence-electron chi connectivity index (χ2n) is 9.18. The zero-order valence-electron chi connectivity index (χ0n) is 17.1. The lowest BCUT2D eigenvalue weighted by atomic mass is 9.63. The van der Waals surface area contributed by atoms with E-state index < -0.39 is 0 Å². The van der Waals surface area contributed by atoms with E-state index in [1.807, 2.05) is 0 Å². The first-order chi connectivity index (χ1) is 12.1. The van der Waals surface area contributed by atoms with Crippen molar-refractivity contribution in [2.24, 2.45) is 29.6 Å². The number of benzene rings is 1. The van der Waals surface area contributed by atoms with E-state index in [2.05, 4.69) is 52.0 Å². The topological polar surface area (TPSA) is 0 Å². The van der Waals surface area contributed by atoms with Gasteiger partial charge in [-0.15, -0.1) is 0 Å². The number of hydrogen-bond donors (Lipinski definition) is 0. The van der Waals surface area contributed by atoms with Gasteiger partial charge in [-0.1, -0.05) is 90.5 Å². The van der Waals surface area contributed by atoms with Crippen molar-refractivity contribution in [3.8, 4) is 0 Å². The predicted octanol–water partition coefficient (Wildman–Crippen LogP) is 7.46. The molecule has 1 radical (unpaired) electrons. The molecule has 4 unspecified atom stereocenters. The van der Waals surface area contributed by atoms with Crippen LogP contribution in [0.15, 0.2) is 24.3 Å². The minimum Gasteiger partial charge on any atom is -0.0651 e. The van der Waals surface area contributed by atoms with E-state index in [-0.39, 0.29) is 0 Å². The third-order valence-corrected chi connectivity index (χ3v) is 7.30. The van der Waals surface area contributed by atoms with E-state index in [9.17, 15) is 0 Å². The average molecular weight is 340 g/mol. The van der Waals surface area contributed by atoms with Gasteiger partial charge < -0.3 is 0 Å². The molecule has 0 nitrogen and oxygen atoms in total. The zero-order valence-corrected chi connectivity index (χ0v) is 17.1. The monoisotopic (exact) mass is 339 g/mol. The molecule has 25 heavy (non-hydrogen) atoms. The van der Waals surface area contributed by atoms with Crippen LogP contribution in [0.1, 0.15) is 90.2 Å². The SMILES string of the molecule is CCC(C)[C](c1ccccc1CC1CCCC2CCCCC21)C(C)C. The van der Waals surface area contributed by atoms with Gasteiger partial charge in [0.05, 0.1) is 0 Å². The first-order valence-electron chi connectivity index (χ1n) is 11.1. The third kappa shape index (κ3) is 4.32. The molecule has 2 fully saturated rings. The molecule has 2 saturated carbocycles. The van der Waals surface area contributed by atoms with Gasteiger partial charge in [0.15, 0.2) is 0 Å². The molecular formula is C25H39. The lowest BCUT2D eigenvalue weighted by molar-refractivity contribution is 0.103. The smallest absolute Gasteiger partial charge is 0.0106 e. The van der Waals surface area contributed by atoms with E-state index in [4.69, 9.17) is 0 Å². The van der Waals surface area contributed by atoms with Crippen LogP contribution in [0, 0.1) is 35.5 Å². The Labute approximate surface area is 156 Å². The van der Waals surface area contributed by atoms with E-state index in [1.54, 1.807) is 17.0 Å². The van der Waals surface area contributed by atoms with Crippen molar-refractivity contribution in [1.29, 1.82) is 0 Å². The van der Waals surface area contributed by atoms with Crippen LogP contribution in [0.3, 0.4) is 0 Å². The normalized spacial score (nSPS) is 28.2. The maximum absolute atomic E-state index is 2.44. The van der Waals surface area contributed by atoms with Crippen molar-refractivity contribution in [2.45, 2.75) is 85.5 Å². The van der Waals surface area contributed by atoms with Gasteiger partial charge in [0.25, 0.3) is 0 Å². The lowest BCUT2D eigenvalue weighted by Crippen LogP contribution is -2.32. The molecule has 2 aliphatic rings. The molecule has 0 heterocycles. The fraction of sp³-hybridized carbons (Fsp3) is 0.720. The van der Waals surface area contributed by atoms with Gasteiger partial charge in [0, 0.05) is 5.92 Å². The van der Waals surface area contributed by atoms with E-state index in [0.29, 0.717) is 11.8 Å². The van der Waals surface area contributed by atoms with Crippen molar-refractivity contribution >= 4 is 0 Å². The highest BCUT2D eigenvalue weighted by Crippen LogP contribution is 2.46. The highest BCUT2D eigenvalue weighted by atomic mass is 14.4. The van der Waals surface area contributed by atoms with E-state index in [1.165, 1.54) is 57.8 Å². The second kappa shape index (κ2) is 8.74. The van der Waals surface area contributed by atoms with Crippen molar-refractivity contribution in [1.82, 2.24) is 0 Å². The van der Waals surface area contributed by atoms with Gasteiger partial charge in [0.2, 0.25) is 0 Å². The fourth-order valence-electron chi connectivity index (χ4n) is 5.95. The first kappa shape index (κ1) is 19.0. The Balaban J connectivity index is 1.82. The van der Waals surface area contributed by atoms with Gasteiger partial charge in [-0.05, 0) is 60.0 Å². The Morgan fingerprint density at radius 2 is 1.68 bits per heavy atom. The lowest BCUT2D eigenvalue weighted by Gasteiger charge is -2.42. The van der Waals surface area contributed by atoms with Crippen LogP contribution in [0.5, 0.6) is 0 Å². The Hall–Kier alpha value is -0.780. The quantitative estimate of drug-likeness (QED) is 0.504. The van der Waals surface area contributed by atoms with Crippen molar-refractivity contribution < 1.29 is 0 Å². The Kier molecular flexibility index (Phi) is 6.64. The van der Waals surface area contributed by atoms with E-state index >= 15 is 0 Å². The molecule has 0 N–H and O–H groups in total. The Morgan fingerprint density at radius 3 is 2.44 bits per heavy atom. The summed E-state index contributed by atoms with van der Waals surface area (Å²) in [6.07, 6.45) is 13.0. The minimum absolute atomic E-state index is 0.643. The fourth-order valence-corrected chi connectivity index (χ4v) is 5.95. The summed E-state index contributed by atoms with van der Waals surface area (Å²) >= 11 is 0. The van der Waals surface area contributed by atoms with Crippen molar-refractivity contribution in [3.05, 3.63) is 41.3 Å². The van der Waals surface area contributed by atoms with Gasteiger partial charge >= 0.3 is 0 Å². The molecule has 1 aromatic carbocycles. The van der Waals surface area contributed by atoms with Crippen LogP contribution in [0.4, 0.5) is 0 Å². The number of fused-ring (bicyclic) bond motifs is 1. The predicted molar refractivity (Wildman–Crippen MR) is 110 cm³/mol. The van der Waals surface area contributed by atoms with Gasteiger partial charge in [-0.3, -0.25) is 0 Å². The summed E-state index contributed by atoms with van der Waals surface area (Å²) in [4.78, 5) is 0. The maximum Gasteiger partial charge on any atom is 0.0106 e. The van der Waals surface area contributed by atoms with Crippen LogP contribution in [0.2, 0.25) is 0 Å². The molecule has 0 aromatic heterocycles. The van der Waals surface area contributed by atoms with Crippen molar-refractivity contribution in [3.63, 3.8) is 0 Å². The molecule has 0 saturated heterocycles. The highest BCUT2D eigenvalue weighted by Gasteiger charge is 2.35. The average Bonchev–Trinajstić information content (AvgIpc) is 2.63. The molecule has 0 bridgehead atoms. The summed E-state index contributed by atoms with van der Waals surface area (Å²) < 4.78 is 0. The molecule has 0 spiro atoms. The summed E-state index contributed by atoms with van der Waals surface area (Å²) in [6, 6.07) is 9.38. The largest absolute Gasteiger partial charge is 0.0651 e. The summed E-state index contributed by atoms with van der Waals surface area (Å²) in [5.41, 5.74) is 3.23. The molecule has 0 heteroatoms. The summed E-state index contributed by atoms with van der Waals surface area (Å²) in [5, 5.41) is 0. The summed E-state index contributed by atoms with van der Waals surface area (Å²) in [6.45, 7) is 9.53. The molecule has 0 amide bonds. The molecule has 0 aliphatic heterocycles. The van der Waals surface area contributed by atoms with Gasteiger partial charge in [0.1, 0.15) is 0 Å². The van der Waals surface area contributed by atoms with Crippen LogP contribution < -0.4 is 0 Å². The standard InChI is InChI=1S/C25H39/c1-5-19(4)25(18(2)3)24-16-9-7-12-22(24)17-21-14-10-13-20-11-6-8-15-23(20)21/h7,9,12,16,18-21,23H,5-6,8,10-11,13-15,17H2,1-4H3. The van der Waals surface area contributed by atoms with Crippen LogP contribution in [-0.2, 0) is 6.42 Å². The van der Waals surface area contributed by atoms with Crippen LogP contribution >= 0.6 is 0 Å². The third-order valence-electron chi connectivity index (χ3n) is 7.30.